The normalized spacial score (nSPS) is 12.8. The zero-order chi connectivity index (χ0) is 43.7. The van der Waals surface area contributed by atoms with E-state index in [4.69, 9.17) is 51.1 Å². The molecule has 0 radical (unpaired) electrons. The zero-order valence-electron chi connectivity index (χ0n) is 30.4. The first-order chi connectivity index (χ1) is 28.2. The highest BCUT2D eigenvalue weighted by atomic mass is 35.6. The van der Waals surface area contributed by atoms with Crippen LogP contribution >= 0.6 is 58.2 Å². The number of thioether (sulfide) groups is 1. The molecule has 5 rings (SSSR count). The van der Waals surface area contributed by atoms with Crippen LogP contribution in [0, 0.1) is 0 Å². The second-order valence-electron chi connectivity index (χ2n) is 12.4. The number of aromatic nitrogens is 3. The molecule has 1 heterocycles. The number of carbonyl (C=O) groups excluding carboxylic acids is 2. The van der Waals surface area contributed by atoms with Crippen molar-refractivity contribution in [2.24, 2.45) is 4.99 Å². The Morgan fingerprint density at radius 1 is 0.917 bits per heavy atom. The number of rotatable bonds is 13. The Kier molecular flexibility index (Phi) is 15.6. The number of alkyl halides is 10. The predicted octanol–water partition coefficient (Wildman–Crippen LogP) is 11.6. The molecule has 5 aromatic rings. The van der Waals surface area contributed by atoms with Crippen LogP contribution in [0.25, 0.3) is 17.1 Å². The van der Waals surface area contributed by atoms with Gasteiger partial charge in [-0.2, -0.15) is 18.2 Å². The first-order valence-corrected chi connectivity index (χ1v) is 19.7. The summed E-state index contributed by atoms with van der Waals surface area (Å²) in [6.07, 6.45) is -10.9. The summed E-state index contributed by atoms with van der Waals surface area (Å²) in [5.74, 6) is -1.38. The zero-order valence-corrected chi connectivity index (χ0v) is 34.2. The lowest BCUT2D eigenvalue weighted by atomic mass is 10.1. The summed E-state index contributed by atoms with van der Waals surface area (Å²) >= 11 is 24.8. The van der Waals surface area contributed by atoms with E-state index in [1.54, 1.807) is 30.3 Å². The van der Waals surface area contributed by atoms with Crippen LogP contribution in [0.4, 0.5) is 41.2 Å². The van der Waals surface area contributed by atoms with Gasteiger partial charge in [0.05, 0.1) is 17.9 Å². The lowest BCUT2D eigenvalue weighted by Crippen LogP contribution is -2.38. The van der Waals surface area contributed by atoms with Crippen molar-refractivity contribution in [1.29, 1.82) is 0 Å². The third-order valence-electron chi connectivity index (χ3n) is 7.81. The quantitative estimate of drug-likeness (QED) is 0.0542. The fourth-order valence-electron chi connectivity index (χ4n) is 5.10. The van der Waals surface area contributed by atoms with Gasteiger partial charge in [-0.3, -0.25) is 9.69 Å². The van der Waals surface area contributed by atoms with Crippen LogP contribution in [0.15, 0.2) is 108 Å². The number of aliphatic imine (C=N–C) groups is 1. The molecule has 1 atom stereocenters. The summed E-state index contributed by atoms with van der Waals surface area (Å²) in [4.78, 5) is 36.3. The molecule has 10 nitrogen and oxygen atoms in total. The van der Waals surface area contributed by atoms with Crippen molar-refractivity contribution in [2.75, 3.05) is 18.1 Å². The first kappa shape index (κ1) is 46.3. The number of halogens is 11. The molecule has 318 valence electrons. The third kappa shape index (κ3) is 14.5. The molecule has 0 saturated carbocycles. The van der Waals surface area contributed by atoms with E-state index in [1.165, 1.54) is 53.5 Å². The Hall–Kier alpha value is -4.75. The Balaban J connectivity index is 1.36. The molecule has 4 aromatic carbocycles. The van der Waals surface area contributed by atoms with Gasteiger partial charge in [-0.05, 0) is 53.6 Å². The van der Waals surface area contributed by atoms with Crippen LogP contribution in [-0.2, 0) is 10.5 Å². The fraction of sp³-hybridized carbons (Fsp3) is 0.237. The summed E-state index contributed by atoms with van der Waals surface area (Å²) in [7, 11) is 0. The number of nitrogens with zero attached hydrogens (tertiary/aromatic N) is 5. The number of urea groups is 1. The Morgan fingerprint density at radius 3 is 2.23 bits per heavy atom. The number of amides is 3. The molecule has 1 N–H and O–H groups in total. The monoisotopic (exact) mass is 938 g/mol. The van der Waals surface area contributed by atoms with Crippen LogP contribution in [0.3, 0.4) is 0 Å². The van der Waals surface area contributed by atoms with Gasteiger partial charge in [0.15, 0.2) is 21.4 Å². The summed E-state index contributed by atoms with van der Waals surface area (Å²) in [6.45, 7) is -2.33. The molecule has 0 aliphatic rings. The lowest BCUT2D eigenvalue weighted by molar-refractivity contribution is -0.274. The molecule has 0 fully saturated rings. The lowest BCUT2D eigenvalue weighted by Gasteiger charge is -2.27. The van der Waals surface area contributed by atoms with E-state index in [9.17, 15) is 35.9 Å². The van der Waals surface area contributed by atoms with E-state index in [1.807, 2.05) is 0 Å². The number of anilines is 1. The molecule has 0 bridgehead atoms. The number of benzene rings is 4. The molecular formula is C38H29Cl4F7N6O4S. The van der Waals surface area contributed by atoms with Gasteiger partial charge in [0.2, 0.25) is 5.91 Å². The molecule has 3 amide bonds. The highest BCUT2D eigenvalue weighted by Gasteiger charge is 2.33. The SMILES string of the molecule is O=C(/N=C(\SCc1ccccc1)N(C(=O)CCC(Cl)(Cl)Cl)c1cc(Cl)ccc1OCC(F)(F)F)NCC(F)c1ccc(-c2ncn(-c3ccc(OC(F)(F)F)cc3)n2)cc1. The molecule has 1 unspecified atom stereocenters. The molecule has 0 aliphatic heterocycles. The van der Waals surface area contributed by atoms with Crippen molar-refractivity contribution in [2.45, 2.75) is 41.1 Å². The maximum atomic E-state index is 15.5. The number of hydrogen-bond acceptors (Lipinski definition) is 7. The summed E-state index contributed by atoms with van der Waals surface area (Å²) < 4.78 is 101. The Labute approximate surface area is 361 Å². The number of ether oxygens (including phenoxy) is 2. The van der Waals surface area contributed by atoms with Crippen LogP contribution < -0.4 is 19.7 Å². The minimum atomic E-state index is -4.84. The molecule has 0 saturated heterocycles. The van der Waals surface area contributed by atoms with Gasteiger partial charge in [0.1, 0.15) is 24.0 Å². The van der Waals surface area contributed by atoms with Crippen LogP contribution in [0.1, 0.15) is 30.1 Å². The first-order valence-electron chi connectivity index (χ1n) is 17.2. The molecule has 60 heavy (non-hydrogen) atoms. The average Bonchev–Trinajstić information content (AvgIpc) is 3.68. The topological polar surface area (TPSA) is 111 Å². The molecule has 1 aromatic heterocycles. The standard InChI is InChI=1S/C38H29Cl4F7N6O4S/c39-26-10-15-31(58-21-37(44,45)46)30(18-26)55(32(56)16-17-36(40,41)42)35(60-20-23-4-2-1-3-5-23)52-34(57)50-19-29(43)24-6-8-25(9-7-24)33-51-22-54(53-33)27-11-13-28(14-12-27)59-38(47,48)49/h1-15,18,22,29H,16-17,19-21H2,(H,50,57)/b52-35-. The smallest absolute Gasteiger partial charge is 0.482 e. The van der Waals surface area contributed by atoms with Crippen molar-refractivity contribution in [1.82, 2.24) is 20.1 Å². The third-order valence-corrected chi connectivity index (χ3v) is 9.63. The summed E-state index contributed by atoms with van der Waals surface area (Å²) in [5.41, 5.74) is 1.41. The van der Waals surface area contributed by atoms with Gasteiger partial charge in [-0.15, -0.1) is 18.3 Å². The van der Waals surface area contributed by atoms with E-state index in [0.717, 1.165) is 40.9 Å². The maximum absolute atomic E-state index is 15.5. The number of carbonyl (C=O) groups is 2. The number of hydrogen-bond donors (Lipinski definition) is 1. The van der Waals surface area contributed by atoms with Gasteiger partial charge < -0.3 is 14.8 Å². The van der Waals surface area contributed by atoms with Crippen LogP contribution in [0.5, 0.6) is 11.5 Å². The van der Waals surface area contributed by atoms with E-state index >= 15 is 4.39 Å². The van der Waals surface area contributed by atoms with Crippen LogP contribution in [-0.4, -0.2) is 61.4 Å². The van der Waals surface area contributed by atoms with Crippen molar-refractivity contribution >= 4 is 81.0 Å². The van der Waals surface area contributed by atoms with Crippen molar-refractivity contribution in [3.05, 3.63) is 120 Å². The van der Waals surface area contributed by atoms with Gasteiger partial charge in [-0.25, -0.2) is 18.9 Å². The molecular weight excluding hydrogens is 911 g/mol. The van der Waals surface area contributed by atoms with Gasteiger partial charge >= 0.3 is 18.6 Å². The number of amidine groups is 1. The second-order valence-corrected chi connectivity index (χ2v) is 16.3. The van der Waals surface area contributed by atoms with Crippen molar-refractivity contribution in [3.8, 4) is 28.6 Å². The Morgan fingerprint density at radius 2 is 1.60 bits per heavy atom. The summed E-state index contributed by atoms with van der Waals surface area (Å²) in [5, 5.41) is 6.31. The summed E-state index contributed by atoms with van der Waals surface area (Å²) in [6, 6.07) is 21.9. The minimum Gasteiger partial charge on any atom is -0.482 e. The van der Waals surface area contributed by atoms with E-state index < -0.39 is 65.5 Å². The van der Waals surface area contributed by atoms with E-state index in [2.05, 4.69) is 25.1 Å². The van der Waals surface area contributed by atoms with Gasteiger partial charge in [-0.1, -0.05) is 113 Å². The number of nitrogens with one attached hydrogen (secondary N) is 1. The highest BCUT2D eigenvalue weighted by molar-refractivity contribution is 8.13. The molecule has 0 aliphatic carbocycles. The molecule has 0 spiro atoms. The Bertz CT molecular complexity index is 2260. The fourth-order valence-corrected chi connectivity index (χ4v) is 6.52. The van der Waals surface area contributed by atoms with Crippen LogP contribution in [0.2, 0.25) is 5.02 Å². The maximum Gasteiger partial charge on any atom is 0.573 e. The van der Waals surface area contributed by atoms with Gasteiger partial charge in [0.25, 0.3) is 0 Å². The van der Waals surface area contributed by atoms with E-state index in [-0.39, 0.29) is 39.4 Å². The predicted molar refractivity (Wildman–Crippen MR) is 216 cm³/mol. The van der Waals surface area contributed by atoms with Crippen molar-refractivity contribution in [3.63, 3.8) is 0 Å². The molecule has 22 heteroatoms. The highest BCUT2D eigenvalue weighted by Crippen LogP contribution is 2.38. The largest absolute Gasteiger partial charge is 0.573 e. The minimum absolute atomic E-state index is 0.0102. The second kappa shape index (κ2) is 20.2. The average molecular weight is 941 g/mol. The van der Waals surface area contributed by atoms with E-state index in [0.29, 0.717) is 16.8 Å². The van der Waals surface area contributed by atoms with Gasteiger partial charge in [0, 0.05) is 29.2 Å². The van der Waals surface area contributed by atoms with Crippen molar-refractivity contribution < 1.29 is 49.8 Å².